The van der Waals surface area contributed by atoms with E-state index in [9.17, 15) is 9.59 Å². The van der Waals surface area contributed by atoms with Crippen molar-refractivity contribution in [3.63, 3.8) is 0 Å². The maximum Gasteiger partial charge on any atom is 0.317 e. The Morgan fingerprint density at radius 1 is 1.40 bits per heavy atom. The lowest BCUT2D eigenvalue weighted by Crippen LogP contribution is -2.49. The third-order valence-corrected chi connectivity index (χ3v) is 4.45. The Kier molecular flexibility index (Phi) is 7.46. The summed E-state index contributed by atoms with van der Waals surface area (Å²) in [5.74, 6) is -1.03. The molecule has 1 aromatic carbocycles. The number of nitrogens with zero attached hydrogens (tertiary/aromatic N) is 2. The first-order valence-electron chi connectivity index (χ1n) is 7.82. The highest BCUT2D eigenvalue weighted by molar-refractivity contribution is 6.42. The number of aliphatic carboxylic acids is 1. The summed E-state index contributed by atoms with van der Waals surface area (Å²) >= 11 is 11.8. The van der Waals surface area contributed by atoms with Gasteiger partial charge in [0.15, 0.2) is 0 Å². The minimum atomic E-state index is -0.879. The van der Waals surface area contributed by atoms with Gasteiger partial charge in [-0.1, -0.05) is 23.2 Å². The van der Waals surface area contributed by atoms with Crippen molar-refractivity contribution < 1.29 is 19.4 Å². The fourth-order valence-electron chi connectivity index (χ4n) is 2.66. The van der Waals surface area contributed by atoms with Gasteiger partial charge in [0.25, 0.3) is 0 Å². The average Bonchev–Trinajstić information content (AvgIpc) is 2.50. The maximum absolute atomic E-state index is 12.2. The van der Waals surface area contributed by atoms with Crippen LogP contribution in [-0.4, -0.2) is 79.3 Å². The van der Waals surface area contributed by atoms with E-state index >= 15 is 0 Å². The first-order chi connectivity index (χ1) is 11.8. The Morgan fingerprint density at radius 2 is 2.16 bits per heavy atom. The third kappa shape index (κ3) is 6.80. The minimum absolute atomic E-state index is 0.0440. The highest BCUT2D eigenvalue weighted by atomic mass is 35.5. The van der Waals surface area contributed by atoms with Crippen LogP contribution in [0, 0.1) is 0 Å². The number of halogens is 2. The zero-order valence-electron chi connectivity index (χ0n) is 13.9. The molecule has 1 unspecified atom stereocenters. The van der Waals surface area contributed by atoms with Gasteiger partial charge in [0.1, 0.15) is 0 Å². The Labute approximate surface area is 156 Å². The summed E-state index contributed by atoms with van der Waals surface area (Å²) in [5.41, 5.74) is 0.588. The molecule has 0 aromatic heterocycles. The lowest BCUT2D eigenvalue weighted by atomic mass is 10.2. The Morgan fingerprint density at radius 3 is 2.84 bits per heavy atom. The standard InChI is InChI=1S/C16H21Cl2N3O4/c1-20(10-16(23)24)7-12-8-21(4-5-25-12)9-15(22)19-11-2-3-13(17)14(18)6-11/h2-3,6,12H,4-5,7-10H2,1H3,(H,19,22)(H,23,24). The fourth-order valence-corrected chi connectivity index (χ4v) is 2.95. The van der Waals surface area contributed by atoms with E-state index in [1.54, 1.807) is 30.1 Å². The smallest absolute Gasteiger partial charge is 0.317 e. The number of amides is 1. The zero-order chi connectivity index (χ0) is 18.4. The number of hydrogen-bond donors (Lipinski definition) is 2. The van der Waals surface area contributed by atoms with E-state index in [-0.39, 0.29) is 25.1 Å². The number of morpholine rings is 1. The number of carboxylic acids is 1. The van der Waals surface area contributed by atoms with Crippen LogP contribution in [0.4, 0.5) is 5.69 Å². The second-order valence-corrected chi connectivity index (χ2v) is 6.81. The van der Waals surface area contributed by atoms with Crippen LogP contribution in [-0.2, 0) is 14.3 Å². The molecule has 2 rings (SSSR count). The Bertz CT molecular complexity index is 629. The van der Waals surface area contributed by atoms with E-state index in [1.807, 2.05) is 4.90 Å². The predicted molar refractivity (Wildman–Crippen MR) is 96.4 cm³/mol. The van der Waals surface area contributed by atoms with Gasteiger partial charge >= 0.3 is 5.97 Å². The summed E-state index contributed by atoms with van der Waals surface area (Å²) in [7, 11) is 1.73. The van der Waals surface area contributed by atoms with Gasteiger partial charge in [0, 0.05) is 25.3 Å². The molecular weight excluding hydrogens is 369 g/mol. The number of hydrogen-bond acceptors (Lipinski definition) is 5. The average molecular weight is 390 g/mol. The number of likely N-dealkylation sites (N-methyl/N-ethyl adjacent to an activating group) is 1. The van der Waals surface area contributed by atoms with Gasteiger partial charge in [-0.15, -0.1) is 0 Å². The molecule has 1 atom stereocenters. The normalized spacial score (nSPS) is 18.3. The van der Waals surface area contributed by atoms with Crippen molar-refractivity contribution in [2.45, 2.75) is 6.10 Å². The van der Waals surface area contributed by atoms with E-state index in [2.05, 4.69) is 5.32 Å². The van der Waals surface area contributed by atoms with Crippen molar-refractivity contribution in [1.82, 2.24) is 9.80 Å². The van der Waals surface area contributed by atoms with Crippen LogP contribution < -0.4 is 5.32 Å². The number of carbonyl (C=O) groups excluding carboxylic acids is 1. The molecule has 7 nitrogen and oxygen atoms in total. The summed E-state index contributed by atoms with van der Waals surface area (Å²) in [4.78, 5) is 26.6. The van der Waals surface area contributed by atoms with E-state index in [4.69, 9.17) is 33.0 Å². The molecule has 1 aromatic rings. The molecule has 0 radical (unpaired) electrons. The van der Waals surface area contributed by atoms with Crippen molar-refractivity contribution in [1.29, 1.82) is 0 Å². The maximum atomic E-state index is 12.2. The lowest BCUT2D eigenvalue weighted by Gasteiger charge is -2.34. The molecule has 1 aliphatic rings. The van der Waals surface area contributed by atoms with Crippen LogP contribution in [0.2, 0.25) is 10.0 Å². The molecule has 0 spiro atoms. The Hall–Kier alpha value is -1.38. The number of carboxylic acid groups (broad SMARTS) is 1. The SMILES string of the molecule is CN(CC(=O)O)CC1CN(CC(=O)Nc2ccc(Cl)c(Cl)c2)CCO1. The lowest BCUT2D eigenvalue weighted by molar-refractivity contribution is -0.138. The minimum Gasteiger partial charge on any atom is -0.480 e. The number of benzene rings is 1. The number of rotatable bonds is 7. The molecule has 1 heterocycles. The molecule has 9 heteroatoms. The molecule has 138 valence electrons. The topological polar surface area (TPSA) is 82.1 Å². The summed E-state index contributed by atoms with van der Waals surface area (Å²) in [6.45, 7) is 2.40. The van der Waals surface area contributed by atoms with E-state index in [0.717, 1.165) is 0 Å². The van der Waals surface area contributed by atoms with Crippen LogP contribution in [0.25, 0.3) is 0 Å². The number of ether oxygens (including phenoxy) is 1. The number of carbonyl (C=O) groups is 2. The molecule has 0 saturated carbocycles. The first kappa shape index (κ1) is 19.9. The van der Waals surface area contributed by atoms with Gasteiger partial charge in [0.05, 0.1) is 35.8 Å². The fraction of sp³-hybridized carbons (Fsp3) is 0.500. The largest absolute Gasteiger partial charge is 0.480 e. The number of nitrogens with one attached hydrogen (secondary N) is 1. The van der Waals surface area contributed by atoms with Crippen LogP contribution in [0.3, 0.4) is 0 Å². The summed E-state index contributed by atoms with van der Waals surface area (Å²) in [6.07, 6.45) is -0.129. The summed E-state index contributed by atoms with van der Waals surface area (Å²) < 4.78 is 5.65. The summed E-state index contributed by atoms with van der Waals surface area (Å²) in [5, 5.41) is 12.4. The van der Waals surface area contributed by atoms with Crippen LogP contribution in [0.5, 0.6) is 0 Å². The summed E-state index contributed by atoms with van der Waals surface area (Å²) in [6, 6.07) is 4.92. The van der Waals surface area contributed by atoms with Gasteiger partial charge in [-0.05, 0) is 25.2 Å². The first-order valence-corrected chi connectivity index (χ1v) is 8.58. The van der Waals surface area contributed by atoms with E-state index < -0.39 is 5.97 Å². The van der Waals surface area contributed by atoms with Gasteiger partial charge < -0.3 is 15.2 Å². The van der Waals surface area contributed by atoms with Gasteiger partial charge in [-0.25, -0.2) is 0 Å². The monoisotopic (exact) mass is 389 g/mol. The van der Waals surface area contributed by atoms with Crippen molar-refractivity contribution in [3.8, 4) is 0 Å². The van der Waals surface area contributed by atoms with Gasteiger partial charge in [0.2, 0.25) is 5.91 Å². The van der Waals surface area contributed by atoms with Gasteiger partial charge in [-0.2, -0.15) is 0 Å². The molecule has 2 N–H and O–H groups in total. The van der Waals surface area contributed by atoms with Crippen LogP contribution >= 0.6 is 23.2 Å². The van der Waals surface area contributed by atoms with Crippen molar-refractivity contribution in [2.75, 3.05) is 51.7 Å². The number of anilines is 1. The van der Waals surface area contributed by atoms with Crippen LogP contribution in [0.15, 0.2) is 18.2 Å². The van der Waals surface area contributed by atoms with Gasteiger partial charge in [-0.3, -0.25) is 19.4 Å². The molecule has 0 aliphatic carbocycles. The Balaban J connectivity index is 1.81. The molecular formula is C16H21Cl2N3O4. The second kappa shape index (κ2) is 9.35. The molecule has 25 heavy (non-hydrogen) atoms. The molecule has 1 saturated heterocycles. The molecule has 1 fully saturated rings. The van der Waals surface area contributed by atoms with Crippen LogP contribution in [0.1, 0.15) is 0 Å². The second-order valence-electron chi connectivity index (χ2n) is 6.00. The molecule has 1 amide bonds. The third-order valence-electron chi connectivity index (χ3n) is 3.71. The van der Waals surface area contributed by atoms with E-state index in [0.29, 0.717) is 42.0 Å². The molecule has 0 bridgehead atoms. The van der Waals surface area contributed by atoms with E-state index in [1.165, 1.54) is 0 Å². The van der Waals surface area contributed by atoms with Crippen molar-refractivity contribution in [3.05, 3.63) is 28.2 Å². The highest BCUT2D eigenvalue weighted by Crippen LogP contribution is 2.25. The van der Waals surface area contributed by atoms with Crippen molar-refractivity contribution in [2.24, 2.45) is 0 Å². The molecule has 1 aliphatic heterocycles. The predicted octanol–water partition coefficient (Wildman–Crippen LogP) is 1.65. The quantitative estimate of drug-likeness (QED) is 0.737. The highest BCUT2D eigenvalue weighted by Gasteiger charge is 2.23. The van der Waals surface area contributed by atoms with Crippen molar-refractivity contribution >= 4 is 40.8 Å². The zero-order valence-corrected chi connectivity index (χ0v) is 15.4.